The lowest BCUT2D eigenvalue weighted by Gasteiger charge is -2.46. The Kier molecular flexibility index (Phi) is 18.8. The maximum atomic E-state index is 11.8. The summed E-state index contributed by atoms with van der Waals surface area (Å²) in [6.45, 7) is 20.4. The molecule has 0 fully saturated rings. The number of hydrogen-bond acceptors (Lipinski definition) is 8. The van der Waals surface area contributed by atoms with Crippen LogP contribution in [0.25, 0.3) is 0 Å². The van der Waals surface area contributed by atoms with Gasteiger partial charge in [0.25, 0.3) is 8.32 Å². The first-order valence-electron chi connectivity index (χ1n) is 19.1. The summed E-state index contributed by atoms with van der Waals surface area (Å²) >= 11 is 0. The van der Waals surface area contributed by atoms with Gasteiger partial charge in [0.15, 0.2) is 0 Å². The molecule has 0 heterocycles. The highest BCUT2D eigenvalue weighted by atomic mass is 28.4. The molecule has 0 aliphatic rings. The molecule has 2 aromatic rings. The van der Waals surface area contributed by atoms with E-state index >= 15 is 0 Å². The number of ether oxygens (including phenoxy) is 3. The lowest BCUT2D eigenvalue weighted by molar-refractivity contribution is -0.139. The number of carbonyl (C=O) groups excluding carboxylic acids is 1. The van der Waals surface area contributed by atoms with Gasteiger partial charge in [-0.25, -0.2) is 4.79 Å². The number of methoxy groups -OCH3 is 3. The molecule has 9 atom stereocenters. The summed E-state index contributed by atoms with van der Waals surface area (Å²) in [4.78, 5) is 11.8. The van der Waals surface area contributed by atoms with Gasteiger partial charge in [-0.2, -0.15) is 0 Å². The van der Waals surface area contributed by atoms with Crippen molar-refractivity contribution in [1.82, 2.24) is 0 Å². The van der Waals surface area contributed by atoms with Gasteiger partial charge in [0.1, 0.15) is 6.10 Å². The summed E-state index contributed by atoms with van der Waals surface area (Å²) in [6.07, 6.45) is 6.37. The fourth-order valence-electron chi connectivity index (χ4n) is 7.28. The van der Waals surface area contributed by atoms with E-state index in [1.54, 1.807) is 19.3 Å². The zero-order valence-corrected chi connectivity index (χ0v) is 35.9. The minimum Gasteiger partial charge on any atom is -0.490 e. The maximum Gasteiger partial charge on any atom is 0.373 e. The van der Waals surface area contributed by atoms with Crippen molar-refractivity contribution in [1.29, 1.82) is 0 Å². The number of rotatable bonds is 20. The third-order valence-electron chi connectivity index (χ3n) is 10.7. The number of hydrogen-bond donors (Lipinski definition) is 3. The largest absolute Gasteiger partial charge is 0.490 e. The van der Waals surface area contributed by atoms with Gasteiger partial charge in [-0.15, -0.1) is 0 Å². The number of allylic oxidation sites excluding steroid dienone is 5. The fourth-order valence-corrected chi connectivity index (χ4v) is 12.1. The van der Waals surface area contributed by atoms with Crippen LogP contribution in [0.4, 0.5) is 0 Å². The molecule has 2 aromatic carbocycles. The van der Waals surface area contributed by atoms with Crippen LogP contribution >= 0.6 is 0 Å². The lowest BCUT2D eigenvalue weighted by Crippen LogP contribution is -2.68. The molecule has 8 nitrogen and oxygen atoms in total. The third kappa shape index (κ3) is 12.3. The third-order valence-corrected chi connectivity index (χ3v) is 15.8. The van der Waals surface area contributed by atoms with Crippen molar-refractivity contribution in [2.75, 3.05) is 21.3 Å². The van der Waals surface area contributed by atoms with Crippen LogP contribution in [0.5, 0.6) is 0 Å². The van der Waals surface area contributed by atoms with Crippen molar-refractivity contribution < 1.29 is 38.8 Å². The van der Waals surface area contributed by atoms with Crippen LogP contribution in [0.2, 0.25) is 5.04 Å². The zero-order valence-electron chi connectivity index (χ0n) is 34.9. The number of carbonyl (C=O) groups is 1. The summed E-state index contributed by atoms with van der Waals surface area (Å²) in [5.74, 6) is -1.49. The Bertz CT molecular complexity index is 1500. The molecule has 0 spiro atoms. The van der Waals surface area contributed by atoms with E-state index in [1.165, 1.54) is 24.6 Å². The van der Waals surface area contributed by atoms with E-state index in [1.807, 2.05) is 78.8 Å². The Labute approximate surface area is 326 Å². The normalized spacial score (nSPS) is 18.6. The Morgan fingerprint density at radius 2 is 1.31 bits per heavy atom. The topological polar surface area (TPSA) is 115 Å². The van der Waals surface area contributed by atoms with Gasteiger partial charge in [-0.1, -0.05) is 145 Å². The van der Waals surface area contributed by atoms with Gasteiger partial charge in [0, 0.05) is 31.0 Å². The number of aliphatic hydroxyl groups excluding tert-OH is 3. The molecule has 0 aliphatic carbocycles. The van der Waals surface area contributed by atoms with Crippen LogP contribution in [0.1, 0.15) is 75.7 Å². The second-order valence-electron chi connectivity index (χ2n) is 15.9. The van der Waals surface area contributed by atoms with Crippen LogP contribution in [0.3, 0.4) is 0 Å². The monoisotopic (exact) mass is 764 g/mol. The molecular weight excluding hydrogens is 697 g/mol. The average Bonchev–Trinajstić information content (AvgIpc) is 3.15. The molecule has 0 aromatic heterocycles. The minimum absolute atomic E-state index is 0.0475. The highest BCUT2D eigenvalue weighted by Crippen LogP contribution is 2.39. The van der Waals surface area contributed by atoms with Gasteiger partial charge in [-0.3, -0.25) is 0 Å². The predicted molar refractivity (Wildman–Crippen MR) is 222 cm³/mol. The Morgan fingerprint density at radius 3 is 1.78 bits per heavy atom. The van der Waals surface area contributed by atoms with E-state index in [0.717, 1.165) is 11.1 Å². The summed E-state index contributed by atoms with van der Waals surface area (Å²) in [7, 11) is 1.42. The number of esters is 1. The van der Waals surface area contributed by atoms with Crippen LogP contribution in [0.15, 0.2) is 108 Å². The van der Waals surface area contributed by atoms with Gasteiger partial charge in [0.2, 0.25) is 5.76 Å². The minimum atomic E-state index is -2.84. The fraction of sp³-hybridized carbons (Fsp3) is 0.533. The SMILES string of the molecule is COC(=O)/C(=C/C(C)=C/[C@@H](C)[C@@H](O)[C@@H](C)C/C(C)=C/C=C/[C@H](OC)[C@H](O)[C@@H](C)[C@@H](O)[C@H](C)[C@H](C)O[Si](c1ccccc1)(c1ccccc1)C(C)(C)C)OC. The molecule has 2 rings (SSSR count). The Morgan fingerprint density at radius 1 is 0.778 bits per heavy atom. The summed E-state index contributed by atoms with van der Waals surface area (Å²) in [5.41, 5.74) is 1.84. The Balaban J connectivity index is 2.16. The van der Waals surface area contributed by atoms with Crippen molar-refractivity contribution in [3.63, 3.8) is 0 Å². The van der Waals surface area contributed by atoms with E-state index in [9.17, 15) is 20.1 Å². The van der Waals surface area contributed by atoms with Crippen molar-refractivity contribution in [2.45, 2.75) is 111 Å². The number of benzene rings is 2. The molecule has 9 heteroatoms. The smallest absolute Gasteiger partial charge is 0.373 e. The first-order valence-corrected chi connectivity index (χ1v) is 21.0. The molecule has 3 N–H and O–H groups in total. The Hall–Kier alpha value is -3.31. The molecule has 0 aliphatic heterocycles. The second kappa shape index (κ2) is 21.7. The summed E-state index contributed by atoms with van der Waals surface area (Å²) < 4.78 is 22.8. The molecule has 54 heavy (non-hydrogen) atoms. The maximum absolute atomic E-state index is 11.8. The predicted octanol–water partition coefficient (Wildman–Crippen LogP) is 7.14. The van der Waals surface area contributed by atoms with Crippen LogP contribution < -0.4 is 10.4 Å². The van der Waals surface area contributed by atoms with E-state index in [0.29, 0.717) is 6.42 Å². The van der Waals surface area contributed by atoms with Gasteiger partial charge >= 0.3 is 5.97 Å². The van der Waals surface area contributed by atoms with E-state index in [4.69, 9.17) is 18.6 Å². The zero-order chi connectivity index (χ0) is 40.8. The van der Waals surface area contributed by atoms with Gasteiger partial charge in [0.05, 0.1) is 32.5 Å². The lowest BCUT2D eigenvalue weighted by atomic mass is 9.84. The molecule has 0 unspecified atom stereocenters. The summed E-state index contributed by atoms with van der Waals surface area (Å²) in [6, 6.07) is 20.9. The van der Waals surface area contributed by atoms with Crippen molar-refractivity contribution in [3.8, 4) is 0 Å². The van der Waals surface area contributed by atoms with Crippen LogP contribution in [-0.4, -0.2) is 81.5 Å². The molecule has 300 valence electrons. The quantitative estimate of drug-likeness (QED) is 0.0429. The van der Waals surface area contributed by atoms with Crippen molar-refractivity contribution in [3.05, 3.63) is 108 Å². The number of aliphatic hydroxyl groups is 3. The van der Waals surface area contributed by atoms with E-state index in [2.05, 4.69) is 69.3 Å². The van der Waals surface area contributed by atoms with Gasteiger partial charge in [-0.05, 0) is 54.6 Å². The van der Waals surface area contributed by atoms with E-state index < -0.39 is 44.6 Å². The van der Waals surface area contributed by atoms with Crippen LogP contribution in [-0.2, 0) is 23.4 Å². The standard InChI is InChI=1S/C45H68O8Si/c1-30(27-32(3)41(46)33(4)28-31(2)29-40(51-12)44(49)52-13)21-20-26-39(50-11)43(48)35(6)42(47)34(5)36(7)53-54(45(8,9)10,37-22-16-14-17-23-37)38-24-18-15-19-25-38/h14-26,28-29,32-36,39,41-43,46-48H,27H2,1-13H3/b26-20+,30-21+,31-28+,40-29-/t32-,33+,34+,35-,36-,39-,41-,42-,43+/m0/s1. The molecule has 0 saturated carbocycles. The highest BCUT2D eigenvalue weighted by molar-refractivity contribution is 6.99. The average molecular weight is 765 g/mol. The summed E-state index contributed by atoms with van der Waals surface area (Å²) in [5, 5.41) is 36.4. The molecule has 0 amide bonds. The van der Waals surface area contributed by atoms with E-state index in [-0.39, 0.29) is 34.7 Å². The highest BCUT2D eigenvalue weighted by Gasteiger charge is 2.52. The molecular formula is C45H68O8Si. The second-order valence-corrected chi connectivity index (χ2v) is 20.2. The van der Waals surface area contributed by atoms with Crippen molar-refractivity contribution in [2.24, 2.45) is 23.7 Å². The first kappa shape index (κ1) is 46.8. The molecule has 0 saturated heterocycles. The first-order chi connectivity index (χ1) is 25.4. The molecule has 0 bridgehead atoms. The van der Waals surface area contributed by atoms with Crippen LogP contribution in [0, 0.1) is 23.7 Å². The van der Waals surface area contributed by atoms with Gasteiger partial charge < -0.3 is 34.0 Å². The molecule has 0 radical (unpaired) electrons. The van der Waals surface area contributed by atoms with Crippen molar-refractivity contribution >= 4 is 24.7 Å².